The Morgan fingerprint density at radius 1 is 0.963 bits per heavy atom. The summed E-state index contributed by atoms with van der Waals surface area (Å²) in [5.74, 6) is -0.00212. The van der Waals surface area contributed by atoms with Gasteiger partial charge in [0.05, 0.1) is 6.54 Å². The molecule has 0 spiro atoms. The van der Waals surface area contributed by atoms with E-state index < -0.39 is 0 Å². The van der Waals surface area contributed by atoms with Crippen LogP contribution in [0.5, 0.6) is 0 Å². The second-order valence-corrected chi connectivity index (χ2v) is 7.55. The summed E-state index contributed by atoms with van der Waals surface area (Å²) in [6.45, 7) is 10.8. The zero-order chi connectivity index (χ0) is 19.6. The fourth-order valence-corrected chi connectivity index (χ4v) is 4.11. The second-order valence-electron chi connectivity index (χ2n) is 7.55. The van der Waals surface area contributed by atoms with E-state index in [0.717, 1.165) is 37.2 Å². The van der Waals surface area contributed by atoms with Crippen molar-refractivity contribution in [2.24, 2.45) is 0 Å². The van der Waals surface area contributed by atoms with E-state index in [-0.39, 0.29) is 22.9 Å². The third-order valence-electron chi connectivity index (χ3n) is 5.71. The molecule has 0 atom stereocenters. The van der Waals surface area contributed by atoms with Crippen molar-refractivity contribution in [2.45, 2.75) is 40.2 Å². The molecule has 0 N–H and O–H groups in total. The second kappa shape index (κ2) is 8.25. The molecule has 0 aliphatic carbocycles. The maximum atomic E-state index is 13.0. The third-order valence-corrected chi connectivity index (χ3v) is 5.71. The highest BCUT2D eigenvalue weighted by Gasteiger charge is 2.28. The number of carbonyl (C=O) groups is 2. The molecule has 0 bridgehead atoms. The van der Waals surface area contributed by atoms with Crippen LogP contribution in [0, 0.1) is 13.8 Å². The highest BCUT2D eigenvalue weighted by Crippen LogP contribution is 2.13. The summed E-state index contributed by atoms with van der Waals surface area (Å²) in [5.41, 5.74) is 1.69. The van der Waals surface area contributed by atoms with E-state index in [9.17, 15) is 14.4 Å². The first-order chi connectivity index (χ1) is 12.9. The van der Waals surface area contributed by atoms with Crippen LogP contribution in [-0.2, 0) is 11.3 Å². The molecule has 7 heteroatoms. The van der Waals surface area contributed by atoms with Crippen molar-refractivity contribution in [3.8, 4) is 0 Å². The van der Waals surface area contributed by atoms with Gasteiger partial charge in [-0.15, -0.1) is 0 Å². The van der Waals surface area contributed by atoms with Gasteiger partial charge in [-0.3, -0.25) is 19.3 Å². The Balaban J connectivity index is 1.64. The van der Waals surface area contributed by atoms with Crippen molar-refractivity contribution >= 4 is 11.8 Å². The zero-order valence-electron chi connectivity index (χ0n) is 16.7. The molecule has 0 unspecified atom stereocenters. The average Bonchev–Trinajstić information content (AvgIpc) is 3.17. The standard InChI is InChI=1S/C20H30N4O3/c1-4-24-16(3)13-15(2)18(20(24)27)19(26)23-11-9-21(10-12-23)14-17(25)22-7-5-6-8-22/h13H,4-12,14H2,1-3H3. The van der Waals surface area contributed by atoms with Gasteiger partial charge in [0.2, 0.25) is 5.91 Å². The summed E-state index contributed by atoms with van der Waals surface area (Å²) in [7, 11) is 0. The Hall–Kier alpha value is -2.15. The Kier molecular flexibility index (Phi) is 5.99. The van der Waals surface area contributed by atoms with Crippen LogP contribution in [-0.4, -0.2) is 76.9 Å². The predicted molar refractivity (Wildman–Crippen MR) is 104 cm³/mol. The number of nitrogens with zero attached hydrogens (tertiary/aromatic N) is 4. The highest BCUT2D eigenvalue weighted by molar-refractivity contribution is 5.95. The fraction of sp³-hybridized carbons (Fsp3) is 0.650. The fourth-order valence-electron chi connectivity index (χ4n) is 4.11. The largest absolute Gasteiger partial charge is 0.342 e. The average molecular weight is 374 g/mol. The van der Waals surface area contributed by atoms with Crippen molar-refractivity contribution in [1.82, 2.24) is 19.3 Å². The van der Waals surface area contributed by atoms with Gasteiger partial charge in [-0.1, -0.05) is 0 Å². The molecule has 2 amide bonds. The highest BCUT2D eigenvalue weighted by atomic mass is 16.2. The van der Waals surface area contributed by atoms with E-state index >= 15 is 0 Å². The van der Waals surface area contributed by atoms with Crippen LogP contribution in [0.2, 0.25) is 0 Å². The summed E-state index contributed by atoms with van der Waals surface area (Å²) in [4.78, 5) is 43.8. The lowest BCUT2D eigenvalue weighted by Gasteiger charge is -2.35. The minimum absolute atomic E-state index is 0.187. The van der Waals surface area contributed by atoms with Gasteiger partial charge in [-0.25, -0.2) is 0 Å². The van der Waals surface area contributed by atoms with Gasteiger partial charge in [0, 0.05) is 51.5 Å². The Bertz CT molecular complexity index is 772. The van der Waals surface area contributed by atoms with Crippen LogP contribution in [0.3, 0.4) is 0 Å². The Morgan fingerprint density at radius 3 is 2.19 bits per heavy atom. The van der Waals surface area contributed by atoms with Gasteiger partial charge < -0.3 is 14.4 Å². The number of carbonyl (C=O) groups excluding carboxylic acids is 2. The maximum Gasteiger partial charge on any atom is 0.263 e. The first-order valence-electron chi connectivity index (χ1n) is 9.92. The summed E-state index contributed by atoms with van der Waals surface area (Å²) in [6.07, 6.45) is 2.19. The molecule has 2 aliphatic heterocycles. The van der Waals surface area contributed by atoms with Gasteiger partial charge in [0.1, 0.15) is 5.56 Å². The third kappa shape index (κ3) is 4.08. The lowest BCUT2D eigenvalue weighted by atomic mass is 10.1. The number of hydrogen-bond donors (Lipinski definition) is 0. The Labute approximate surface area is 160 Å². The quantitative estimate of drug-likeness (QED) is 0.784. The first-order valence-corrected chi connectivity index (χ1v) is 9.92. The van der Waals surface area contributed by atoms with Crippen LogP contribution in [0.1, 0.15) is 41.4 Å². The number of likely N-dealkylation sites (tertiary alicyclic amines) is 1. The summed E-state index contributed by atoms with van der Waals surface area (Å²) in [6, 6.07) is 1.91. The van der Waals surface area contributed by atoms with Crippen molar-refractivity contribution in [3.63, 3.8) is 0 Å². The number of hydrogen-bond acceptors (Lipinski definition) is 4. The Morgan fingerprint density at radius 2 is 1.59 bits per heavy atom. The molecule has 0 saturated carbocycles. The number of amides is 2. The molecule has 27 heavy (non-hydrogen) atoms. The number of aryl methyl sites for hydroxylation is 2. The normalized spacial score (nSPS) is 18.2. The molecule has 0 radical (unpaired) electrons. The molecule has 7 nitrogen and oxygen atoms in total. The van der Waals surface area contributed by atoms with Gasteiger partial charge in [0.15, 0.2) is 0 Å². The van der Waals surface area contributed by atoms with Gasteiger partial charge in [0.25, 0.3) is 11.5 Å². The number of rotatable bonds is 4. The molecule has 2 aliphatic rings. The van der Waals surface area contributed by atoms with Crippen LogP contribution in [0.25, 0.3) is 0 Å². The molecule has 3 heterocycles. The molecule has 148 valence electrons. The summed E-state index contributed by atoms with van der Waals surface area (Å²) >= 11 is 0. The predicted octanol–water partition coefficient (Wildman–Crippen LogP) is 0.865. The van der Waals surface area contributed by atoms with E-state index in [0.29, 0.717) is 39.3 Å². The minimum atomic E-state index is -0.202. The van der Waals surface area contributed by atoms with Crippen LogP contribution in [0.15, 0.2) is 10.9 Å². The molecule has 0 aromatic carbocycles. The summed E-state index contributed by atoms with van der Waals surface area (Å²) < 4.78 is 1.64. The molecule has 1 aromatic rings. The van der Waals surface area contributed by atoms with Crippen molar-refractivity contribution in [2.75, 3.05) is 45.8 Å². The molecule has 3 rings (SSSR count). The molecular formula is C20H30N4O3. The van der Waals surface area contributed by atoms with E-state index in [4.69, 9.17) is 0 Å². The lowest BCUT2D eigenvalue weighted by molar-refractivity contribution is -0.131. The minimum Gasteiger partial charge on any atom is -0.342 e. The lowest BCUT2D eigenvalue weighted by Crippen LogP contribution is -2.52. The van der Waals surface area contributed by atoms with Crippen LogP contribution in [0.4, 0.5) is 0 Å². The zero-order valence-corrected chi connectivity index (χ0v) is 16.7. The van der Waals surface area contributed by atoms with E-state index in [2.05, 4.69) is 4.90 Å². The molecular weight excluding hydrogens is 344 g/mol. The van der Waals surface area contributed by atoms with Crippen LogP contribution < -0.4 is 5.56 Å². The van der Waals surface area contributed by atoms with E-state index in [1.54, 1.807) is 9.47 Å². The number of pyridine rings is 1. The van der Waals surface area contributed by atoms with Gasteiger partial charge in [-0.2, -0.15) is 0 Å². The molecule has 1 aromatic heterocycles. The maximum absolute atomic E-state index is 13.0. The monoisotopic (exact) mass is 374 g/mol. The van der Waals surface area contributed by atoms with E-state index in [1.807, 2.05) is 31.7 Å². The number of aromatic nitrogens is 1. The van der Waals surface area contributed by atoms with Gasteiger partial charge in [-0.05, 0) is 45.2 Å². The van der Waals surface area contributed by atoms with Crippen LogP contribution >= 0.6 is 0 Å². The SMILES string of the molecule is CCn1c(C)cc(C)c(C(=O)N2CCN(CC(=O)N3CCCC3)CC2)c1=O. The smallest absolute Gasteiger partial charge is 0.263 e. The molecule has 2 saturated heterocycles. The number of piperazine rings is 1. The van der Waals surface area contributed by atoms with E-state index in [1.165, 1.54) is 0 Å². The summed E-state index contributed by atoms with van der Waals surface area (Å²) in [5, 5.41) is 0. The first kappa shape index (κ1) is 19.6. The molecule has 2 fully saturated rings. The van der Waals surface area contributed by atoms with Crippen molar-refractivity contribution < 1.29 is 9.59 Å². The van der Waals surface area contributed by atoms with Gasteiger partial charge >= 0.3 is 0 Å². The topological polar surface area (TPSA) is 65.9 Å². The van der Waals surface area contributed by atoms with Crippen molar-refractivity contribution in [3.05, 3.63) is 33.2 Å². The van der Waals surface area contributed by atoms with Crippen molar-refractivity contribution in [1.29, 1.82) is 0 Å².